The smallest absolute Gasteiger partial charge is 0.335 e. The Morgan fingerprint density at radius 1 is 0.694 bits per heavy atom. The summed E-state index contributed by atoms with van der Waals surface area (Å²) in [6.45, 7) is -2.65. The van der Waals surface area contributed by atoms with Gasteiger partial charge in [0.15, 0.2) is 5.69 Å². The molecule has 0 aliphatic rings. The van der Waals surface area contributed by atoms with Crippen LogP contribution in [-0.4, -0.2) is 27.6 Å². The molecule has 7 heteroatoms. The van der Waals surface area contributed by atoms with E-state index in [1.165, 1.54) is 5.80 Å². The maximum Gasteiger partial charge on any atom is 0.335 e. The van der Waals surface area contributed by atoms with E-state index in [4.69, 9.17) is 0 Å². The Kier molecular flexibility index (Phi) is 6.44. The van der Waals surface area contributed by atoms with Crippen molar-refractivity contribution in [2.75, 3.05) is 0 Å². The molecule has 2 N–H and O–H groups in total. The molecule has 1 aromatic heterocycles. The van der Waals surface area contributed by atoms with Crippen LogP contribution in [0.4, 0.5) is 5.69 Å². The van der Waals surface area contributed by atoms with Gasteiger partial charge in [-0.15, -0.1) is 10.2 Å². The van der Waals surface area contributed by atoms with Gasteiger partial charge in [-0.2, -0.15) is 0 Å². The lowest BCUT2D eigenvalue weighted by Gasteiger charge is -2.28. The van der Waals surface area contributed by atoms with Gasteiger partial charge in [0, 0.05) is 11.2 Å². The highest BCUT2D eigenvalue weighted by Crippen LogP contribution is 2.43. The quantitative estimate of drug-likeness (QED) is 0.202. The molecule has 0 fully saturated rings. The number of nitrogens with zero attached hydrogens (tertiary/aromatic N) is 2. The fourth-order valence-electron chi connectivity index (χ4n) is 4.25. The molecule has 0 aliphatic heterocycles. The van der Waals surface area contributed by atoms with E-state index in [9.17, 15) is 14.7 Å². The van der Waals surface area contributed by atoms with E-state index in [1.54, 1.807) is 18.2 Å². The van der Waals surface area contributed by atoms with Gasteiger partial charge in [0.05, 0.1) is 5.52 Å². The number of amides is 1. The summed E-state index contributed by atoms with van der Waals surface area (Å²) in [6.07, 6.45) is 0. The number of hydrogen-bond donors (Lipinski definition) is 2. The molecule has 0 bridgehead atoms. The average molecular weight is 491 g/mol. The number of benzene rings is 4. The van der Waals surface area contributed by atoms with Crippen molar-refractivity contribution in [3.8, 4) is 5.88 Å². The fourth-order valence-corrected chi connectivity index (χ4v) is 7.98. The number of fused-ring (bicyclic) bond motifs is 1. The Morgan fingerprint density at radius 3 is 1.69 bits per heavy atom. The summed E-state index contributed by atoms with van der Waals surface area (Å²) in [4.78, 5) is 29.1. The summed E-state index contributed by atoms with van der Waals surface area (Å²) in [5.41, 5.74) is 0.762. The zero-order chi connectivity index (χ0) is 25.0. The monoisotopic (exact) mass is 491 g/mol. The topological polar surface area (TPSA) is 94.9 Å². The van der Waals surface area contributed by atoms with Crippen LogP contribution in [0.1, 0.15) is 0 Å². The summed E-state index contributed by atoms with van der Waals surface area (Å²) in [5, 5.41) is 21.2. The van der Waals surface area contributed by atoms with Crippen molar-refractivity contribution in [3.05, 3.63) is 115 Å². The third kappa shape index (κ3) is 4.30. The zero-order valence-electron chi connectivity index (χ0n) is 19.2. The van der Waals surface area contributed by atoms with Gasteiger partial charge in [-0.1, -0.05) is 109 Å². The van der Waals surface area contributed by atoms with Gasteiger partial charge in [0.2, 0.25) is 11.7 Å². The molecule has 5 aromatic rings. The molecule has 0 radical (unpaired) electrons. The van der Waals surface area contributed by atoms with Crippen LogP contribution < -0.4 is 15.9 Å². The summed E-state index contributed by atoms with van der Waals surface area (Å²) in [6, 6.07) is 36.3. The van der Waals surface area contributed by atoms with Gasteiger partial charge < -0.3 is 10.1 Å². The predicted molar refractivity (Wildman–Crippen MR) is 146 cm³/mol. The minimum absolute atomic E-state index is 0.113. The molecule has 0 saturated carbocycles. The van der Waals surface area contributed by atoms with Gasteiger partial charge >= 0.3 is 5.91 Å². The van der Waals surface area contributed by atoms with Crippen molar-refractivity contribution in [1.82, 2.24) is 4.98 Å². The molecule has 0 unspecified atom stereocenters. The molecule has 0 spiro atoms. The highest BCUT2D eigenvalue weighted by molar-refractivity contribution is 7.95. The van der Waals surface area contributed by atoms with Crippen molar-refractivity contribution in [3.63, 3.8) is 0 Å². The number of para-hydroxylation sites is 1. The number of H-pyrrole nitrogens is 1. The summed E-state index contributed by atoms with van der Waals surface area (Å²) >= 11 is 0. The number of aromatic nitrogens is 1. The van der Waals surface area contributed by atoms with E-state index in [0.717, 1.165) is 15.9 Å². The van der Waals surface area contributed by atoms with Gasteiger partial charge in [-0.3, -0.25) is 9.59 Å². The number of nitrogens with one attached hydrogen (secondary N) is 1. The first-order valence-corrected chi connectivity index (χ1v) is 13.2. The van der Waals surface area contributed by atoms with Gasteiger partial charge in [0.1, 0.15) is 0 Å². The van der Waals surface area contributed by atoms with E-state index in [2.05, 4.69) is 15.2 Å². The Morgan fingerprint density at radius 2 is 1.17 bits per heavy atom. The van der Waals surface area contributed by atoms with Crippen LogP contribution in [-0.2, 0) is 9.59 Å². The SMILES string of the molecule is O=C(C=P(c1ccccc1)(c1ccccc1)c1ccccc1)C(=O)N=Nc1c(O)[nH]c2ccccc12. The van der Waals surface area contributed by atoms with Crippen LogP contribution >= 0.6 is 6.89 Å². The highest BCUT2D eigenvalue weighted by atomic mass is 31.2. The molecular weight excluding hydrogens is 469 g/mol. The first kappa shape index (κ1) is 23.2. The van der Waals surface area contributed by atoms with Crippen molar-refractivity contribution in [2.45, 2.75) is 0 Å². The molecule has 6 nitrogen and oxygen atoms in total. The highest BCUT2D eigenvalue weighted by Gasteiger charge is 2.28. The Labute approximate surface area is 207 Å². The normalized spacial score (nSPS) is 11.6. The maximum atomic E-state index is 13.4. The van der Waals surface area contributed by atoms with E-state index in [0.29, 0.717) is 10.9 Å². The molecule has 0 atom stereocenters. The second kappa shape index (κ2) is 9.98. The van der Waals surface area contributed by atoms with Gasteiger partial charge in [-0.25, -0.2) is 0 Å². The molecule has 36 heavy (non-hydrogen) atoms. The van der Waals surface area contributed by atoms with Crippen LogP contribution in [0.15, 0.2) is 125 Å². The molecule has 176 valence electrons. The Hall–Kier alpha value is -4.54. The first-order chi connectivity index (χ1) is 17.6. The van der Waals surface area contributed by atoms with Crippen molar-refractivity contribution < 1.29 is 14.7 Å². The zero-order valence-corrected chi connectivity index (χ0v) is 20.0. The second-order valence-corrected chi connectivity index (χ2v) is 11.3. The predicted octanol–water partition coefficient (Wildman–Crippen LogP) is 4.85. The number of aromatic amines is 1. The number of azo groups is 1. The lowest BCUT2D eigenvalue weighted by molar-refractivity contribution is -0.132. The molecule has 0 saturated heterocycles. The molecule has 4 aromatic carbocycles. The minimum Gasteiger partial charge on any atom is -0.493 e. The second-order valence-electron chi connectivity index (χ2n) is 8.10. The standard InChI is InChI=1S/C29H22N3O3P/c33-26(28(34)32-31-27-24-18-10-11-19-25(24)30-29(27)35)20-36(21-12-4-1-5-13-21,22-14-6-2-7-15-22)23-16-8-3-9-17-23/h1-20,30,35H. The number of rotatable bonds is 6. The molecular formula is C29H22N3O3P. The fraction of sp³-hybridized carbons (Fsp3) is 0. The number of ketones is 1. The lowest BCUT2D eigenvalue weighted by Crippen LogP contribution is -2.29. The summed E-state index contributed by atoms with van der Waals surface area (Å²) in [5.74, 6) is -0.470. The number of Topliss-reactive ketones (excluding diaryl/α,β-unsaturated/α-hetero) is 1. The third-order valence-corrected chi connectivity index (χ3v) is 9.87. The number of carbonyl (C=O) groups excluding carboxylic acids is 2. The number of aromatic hydroxyl groups is 1. The Bertz CT molecular complexity index is 1520. The largest absolute Gasteiger partial charge is 0.493 e. The summed E-state index contributed by atoms with van der Waals surface area (Å²) in [7, 11) is 0. The summed E-state index contributed by atoms with van der Waals surface area (Å²) < 4.78 is 0. The van der Waals surface area contributed by atoms with Crippen molar-refractivity contribution in [1.29, 1.82) is 0 Å². The van der Waals surface area contributed by atoms with Crippen LogP contribution in [0, 0.1) is 0 Å². The lowest BCUT2D eigenvalue weighted by atomic mass is 10.2. The molecule has 5 rings (SSSR count). The van der Waals surface area contributed by atoms with Crippen molar-refractivity contribution in [2.24, 2.45) is 10.2 Å². The number of hydrogen-bond acceptors (Lipinski definition) is 4. The molecule has 1 heterocycles. The van der Waals surface area contributed by atoms with Crippen LogP contribution in [0.5, 0.6) is 5.88 Å². The van der Waals surface area contributed by atoms with E-state index >= 15 is 0 Å². The number of carbonyl (C=O) groups is 2. The molecule has 0 aliphatic carbocycles. The maximum absolute atomic E-state index is 13.4. The van der Waals surface area contributed by atoms with E-state index < -0.39 is 18.6 Å². The minimum atomic E-state index is -2.65. The van der Waals surface area contributed by atoms with E-state index in [-0.39, 0.29) is 11.6 Å². The van der Waals surface area contributed by atoms with Gasteiger partial charge in [-0.05, 0) is 28.9 Å². The van der Waals surface area contributed by atoms with Crippen LogP contribution in [0.25, 0.3) is 10.9 Å². The first-order valence-electron chi connectivity index (χ1n) is 11.3. The van der Waals surface area contributed by atoms with Gasteiger partial charge in [0.25, 0.3) is 0 Å². The third-order valence-electron chi connectivity index (χ3n) is 5.91. The average Bonchev–Trinajstić information content (AvgIpc) is 3.26. The van der Waals surface area contributed by atoms with Crippen molar-refractivity contribution >= 4 is 56.9 Å². The Balaban J connectivity index is 1.64. The van der Waals surface area contributed by atoms with E-state index in [1.807, 2.05) is 97.1 Å². The van der Waals surface area contributed by atoms with Crippen LogP contribution in [0.2, 0.25) is 0 Å². The van der Waals surface area contributed by atoms with Crippen LogP contribution in [0.3, 0.4) is 0 Å². The molecule has 1 amide bonds.